The van der Waals surface area contributed by atoms with Gasteiger partial charge >= 0.3 is 11.8 Å². The molecule has 0 N–H and O–H groups in total. The van der Waals surface area contributed by atoms with Gasteiger partial charge in [0.2, 0.25) is 0 Å². The smallest absolute Gasteiger partial charge is 0.342 e. The van der Waals surface area contributed by atoms with Crippen LogP contribution in [-0.4, -0.2) is 62.5 Å². The Balaban J connectivity index is 1.75. The van der Waals surface area contributed by atoms with Crippen LogP contribution >= 0.6 is 0 Å². The summed E-state index contributed by atoms with van der Waals surface area (Å²) in [5, 5.41) is 0. The van der Waals surface area contributed by atoms with E-state index in [-0.39, 0.29) is 0 Å². The summed E-state index contributed by atoms with van der Waals surface area (Å²) in [5.74, 6) is -0.541. The van der Waals surface area contributed by atoms with Crippen molar-refractivity contribution in [1.82, 2.24) is 0 Å². The van der Waals surface area contributed by atoms with Crippen molar-refractivity contribution in [3.63, 3.8) is 0 Å². The molecule has 0 bridgehead atoms. The van der Waals surface area contributed by atoms with Gasteiger partial charge in [-0.3, -0.25) is 0 Å². The van der Waals surface area contributed by atoms with Gasteiger partial charge in [0.25, 0.3) is 0 Å². The molecule has 0 aromatic heterocycles. The molecule has 0 saturated carbocycles. The number of hydrogen-bond donors (Lipinski definition) is 0. The van der Waals surface area contributed by atoms with E-state index in [2.05, 4.69) is 58.3 Å². The summed E-state index contributed by atoms with van der Waals surface area (Å²) < 4.78 is 23.9. The Labute approximate surface area is 259 Å². The summed E-state index contributed by atoms with van der Waals surface area (Å²) in [5.41, 5.74) is 6.80. The first-order chi connectivity index (χ1) is 21.0. The Morgan fingerprint density at radius 2 is 1.18 bits per heavy atom. The molecule has 0 amide bonds. The fourth-order valence-electron chi connectivity index (χ4n) is 5.20. The zero-order valence-corrected chi connectivity index (χ0v) is 26.5. The zero-order chi connectivity index (χ0) is 31.6. The lowest BCUT2D eigenvalue weighted by Gasteiger charge is -2.29. The normalized spacial score (nSPS) is 15.1. The first kappa shape index (κ1) is 30.4. The van der Waals surface area contributed by atoms with Crippen molar-refractivity contribution in [1.29, 1.82) is 0 Å². The third-order valence-electron chi connectivity index (χ3n) is 7.71. The van der Waals surface area contributed by atoms with Gasteiger partial charge in [-0.25, -0.2) is 4.79 Å². The Hall–Kier alpha value is -5.11. The highest BCUT2D eigenvalue weighted by Gasteiger charge is 2.47. The van der Waals surface area contributed by atoms with E-state index >= 15 is 0 Å². The van der Waals surface area contributed by atoms with Crippen molar-refractivity contribution in [3.8, 4) is 17.2 Å². The fraction of sp³-hybridized carbons (Fsp3) is 0.250. The SMILES string of the molecule is COc1ccc(OC2(C=C(c3ccc(N(C)C)cc3)c3ccc(N(C)C)cc3)OC(=O)c3cc(N(C)C)ccc32)cc1OC. The summed E-state index contributed by atoms with van der Waals surface area (Å²) in [4.78, 5) is 19.6. The Kier molecular flexibility index (Phi) is 8.45. The first-order valence-electron chi connectivity index (χ1n) is 14.3. The van der Waals surface area contributed by atoms with E-state index in [1.165, 1.54) is 0 Å². The standard InChI is InChI=1S/C36H39N3O5/c1-37(2)26-13-9-24(10-14-26)31(25-11-15-27(16-12-25)38(3)4)23-36(43-29-18-20-33(41-7)34(22-29)42-8)32-19-17-28(39(5)6)21-30(32)35(40)44-36/h9-23H,1-8H3. The molecule has 5 rings (SSSR count). The van der Waals surface area contributed by atoms with Crippen molar-refractivity contribution in [2.45, 2.75) is 5.79 Å². The van der Waals surface area contributed by atoms with Crippen molar-refractivity contribution in [3.05, 3.63) is 113 Å². The third-order valence-corrected chi connectivity index (χ3v) is 7.71. The van der Waals surface area contributed by atoms with Crippen LogP contribution in [0.15, 0.2) is 91.0 Å². The summed E-state index contributed by atoms with van der Waals surface area (Å²) in [7, 11) is 15.0. The minimum Gasteiger partial charge on any atom is -0.493 e. The second-order valence-corrected chi connectivity index (χ2v) is 11.2. The molecule has 0 saturated heterocycles. The molecular weight excluding hydrogens is 554 g/mol. The predicted molar refractivity (Wildman–Crippen MR) is 177 cm³/mol. The van der Waals surface area contributed by atoms with Gasteiger partial charge in [-0.05, 0) is 71.3 Å². The molecule has 0 aliphatic carbocycles. The lowest BCUT2D eigenvalue weighted by Crippen LogP contribution is -2.31. The molecule has 0 spiro atoms. The number of ether oxygens (including phenoxy) is 4. The fourth-order valence-corrected chi connectivity index (χ4v) is 5.20. The van der Waals surface area contributed by atoms with Crippen molar-refractivity contribution in [2.75, 3.05) is 71.2 Å². The molecule has 4 aromatic carbocycles. The second-order valence-electron chi connectivity index (χ2n) is 11.2. The van der Waals surface area contributed by atoms with Gasteiger partial charge < -0.3 is 33.6 Å². The lowest BCUT2D eigenvalue weighted by atomic mass is 9.92. The number of methoxy groups -OCH3 is 2. The average molecular weight is 594 g/mol. The lowest BCUT2D eigenvalue weighted by molar-refractivity contribution is -0.102. The van der Waals surface area contributed by atoms with Crippen LogP contribution in [0.5, 0.6) is 17.2 Å². The van der Waals surface area contributed by atoms with E-state index < -0.39 is 11.8 Å². The average Bonchev–Trinajstić information content (AvgIpc) is 3.29. The maximum Gasteiger partial charge on any atom is 0.342 e. The van der Waals surface area contributed by atoms with Crippen LogP contribution in [0.4, 0.5) is 17.1 Å². The predicted octanol–water partition coefficient (Wildman–Crippen LogP) is 6.44. The number of carbonyl (C=O) groups excluding carboxylic acids is 1. The number of fused-ring (bicyclic) bond motifs is 1. The number of cyclic esters (lactones) is 1. The number of rotatable bonds is 10. The maximum atomic E-state index is 13.6. The highest BCUT2D eigenvalue weighted by molar-refractivity contribution is 5.97. The first-order valence-corrected chi connectivity index (χ1v) is 14.3. The van der Waals surface area contributed by atoms with Crippen LogP contribution in [0.1, 0.15) is 27.0 Å². The van der Waals surface area contributed by atoms with Crippen molar-refractivity contribution < 1.29 is 23.7 Å². The van der Waals surface area contributed by atoms with Crippen LogP contribution in [0.25, 0.3) is 5.57 Å². The molecule has 0 radical (unpaired) electrons. The maximum absolute atomic E-state index is 13.6. The van der Waals surface area contributed by atoms with Crippen LogP contribution in [0, 0.1) is 0 Å². The molecule has 4 aromatic rings. The Morgan fingerprint density at radius 1 is 0.659 bits per heavy atom. The monoisotopic (exact) mass is 593 g/mol. The molecular formula is C36H39N3O5. The second kappa shape index (κ2) is 12.2. The number of hydrogen-bond acceptors (Lipinski definition) is 8. The van der Waals surface area contributed by atoms with Gasteiger partial charge in [-0.1, -0.05) is 24.3 Å². The van der Waals surface area contributed by atoms with Gasteiger partial charge in [0, 0.05) is 71.5 Å². The summed E-state index contributed by atoms with van der Waals surface area (Å²) in [6.07, 6.45) is 1.90. The largest absolute Gasteiger partial charge is 0.493 e. The summed E-state index contributed by atoms with van der Waals surface area (Å²) in [6, 6.07) is 27.5. The molecule has 8 heteroatoms. The van der Waals surface area contributed by atoms with E-state index in [0.29, 0.717) is 28.4 Å². The van der Waals surface area contributed by atoms with Crippen LogP contribution in [0.3, 0.4) is 0 Å². The quantitative estimate of drug-likeness (QED) is 0.195. The van der Waals surface area contributed by atoms with Crippen LogP contribution in [-0.2, 0) is 10.5 Å². The molecule has 228 valence electrons. The van der Waals surface area contributed by atoms with Crippen LogP contribution < -0.4 is 28.9 Å². The number of benzene rings is 4. The molecule has 1 aliphatic heterocycles. The highest BCUT2D eigenvalue weighted by atomic mass is 16.7. The van der Waals surface area contributed by atoms with Gasteiger partial charge in [0.05, 0.1) is 25.3 Å². The van der Waals surface area contributed by atoms with Gasteiger partial charge in [-0.15, -0.1) is 0 Å². The van der Waals surface area contributed by atoms with Crippen molar-refractivity contribution in [2.24, 2.45) is 0 Å². The van der Waals surface area contributed by atoms with E-state index in [9.17, 15) is 4.79 Å². The van der Waals surface area contributed by atoms with Gasteiger partial charge in [0.15, 0.2) is 11.5 Å². The molecule has 1 unspecified atom stereocenters. The van der Waals surface area contributed by atoms with Crippen LogP contribution in [0.2, 0.25) is 0 Å². The molecule has 1 heterocycles. The number of esters is 1. The van der Waals surface area contributed by atoms with Gasteiger partial charge in [0.1, 0.15) is 5.75 Å². The Bertz CT molecular complexity index is 1620. The zero-order valence-electron chi connectivity index (χ0n) is 26.5. The molecule has 1 atom stereocenters. The summed E-state index contributed by atoms with van der Waals surface area (Å²) >= 11 is 0. The minimum atomic E-state index is -1.58. The molecule has 8 nitrogen and oxygen atoms in total. The minimum absolute atomic E-state index is 0.443. The summed E-state index contributed by atoms with van der Waals surface area (Å²) in [6.45, 7) is 0. The molecule has 0 fully saturated rings. The highest BCUT2D eigenvalue weighted by Crippen LogP contribution is 2.45. The molecule has 1 aliphatic rings. The van der Waals surface area contributed by atoms with E-state index in [0.717, 1.165) is 33.8 Å². The number of anilines is 3. The van der Waals surface area contributed by atoms with E-state index in [1.54, 1.807) is 32.4 Å². The number of carbonyl (C=O) groups is 1. The number of nitrogens with zero attached hydrogens (tertiary/aromatic N) is 3. The van der Waals surface area contributed by atoms with E-state index in [1.807, 2.05) is 71.5 Å². The van der Waals surface area contributed by atoms with E-state index in [4.69, 9.17) is 18.9 Å². The topological polar surface area (TPSA) is 63.7 Å². The van der Waals surface area contributed by atoms with Gasteiger partial charge in [-0.2, -0.15) is 0 Å². The third kappa shape index (κ3) is 5.88. The Morgan fingerprint density at radius 3 is 1.68 bits per heavy atom. The van der Waals surface area contributed by atoms with Crippen molar-refractivity contribution >= 4 is 28.6 Å². The molecule has 44 heavy (non-hydrogen) atoms.